The fraction of sp³-hybridized carbons (Fsp3) is 0.714. The molecule has 9 heteroatoms. The normalized spacial score (nSPS) is 11.3. The first-order chi connectivity index (χ1) is 7.01. The maximum absolute atomic E-state index is 10.7. The van der Waals surface area contributed by atoms with Crippen molar-refractivity contribution in [3.8, 4) is 0 Å². The van der Waals surface area contributed by atoms with Crippen molar-refractivity contribution in [3.63, 3.8) is 0 Å². The van der Waals surface area contributed by atoms with Gasteiger partial charge in [0.2, 0.25) is 0 Å². The van der Waals surface area contributed by atoms with E-state index in [1.54, 1.807) is 13.8 Å². The second kappa shape index (κ2) is 6.59. The molecule has 0 heterocycles. The smallest absolute Gasteiger partial charge is 0.414 e. The first kappa shape index (κ1) is 17.4. The Bertz CT molecular complexity index is 281. The van der Waals surface area contributed by atoms with Crippen LogP contribution in [-0.4, -0.2) is 37.2 Å². The van der Waals surface area contributed by atoms with E-state index in [-0.39, 0.29) is 0 Å². The molecule has 0 atom stereocenters. The molecule has 0 rings (SSSR count). The van der Waals surface area contributed by atoms with E-state index in [4.69, 9.17) is 35.3 Å². The fourth-order valence-corrected chi connectivity index (χ4v) is 1.49. The van der Waals surface area contributed by atoms with Crippen LogP contribution in [0.5, 0.6) is 0 Å². The van der Waals surface area contributed by atoms with Crippen LogP contribution in [0.15, 0.2) is 0 Å². The van der Waals surface area contributed by atoms with Gasteiger partial charge in [0.25, 0.3) is 0 Å². The Morgan fingerprint density at radius 2 is 1.38 bits per heavy atom. The molecule has 16 heavy (non-hydrogen) atoms. The van der Waals surface area contributed by atoms with Crippen molar-refractivity contribution < 1.29 is 34.2 Å². The van der Waals surface area contributed by atoms with E-state index >= 15 is 0 Å². The van der Waals surface area contributed by atoms with Gasteiger partial charge in [-0.3, -0.25) is 4.57 Å². The topological polar surface area (TPSA) is 158 Å². The number of aliphatic carboxylic acids is 2. The maximum Gasteiger partial charge on any atom is 0.414 e. The minimum absolute atomic E-state index is 0.299. The predicted molar refractivity (Wildman–Crippen MR) is 54.8 cm³/mol. The molecule has 0 aliphatic carbocycles. The lowest BCUT2D eigenvalue weighted by atomic mass is 10.2. The van der Waals surface area contributed by atoms with Crippen molar-refractivity contribution in [2.45, 2.75) is 32.0 Å². The number of hydrogen-bond acceptors (Lipinski definition) is 4. The van der Waals surface area contributed by atoms with Crippen LogP contribution in [0.2, 0.25) is 0 Å². The van der Waals surface area contributed by atoms with Crippen molar-refractivity contribution in [1.82, 2.24) is 0 Å². The highest BCUT2D eigenvalue weighted by atomic mass is 31.2. The summed E-state index contributed by atoms with van der Waals surface area (Å²) in [7, 11) is -4.11. The van der Waals surface area contributed by atoms with Crippen LogP contribution in [-0.2, 0) is 14.2 Å². The quantitative estimate of drug-likeness (QED) is 0.343. The summed E-state index contributed by atoms with van der Waals surface area (Å²) < 4.78 is 10.7. The Balaban J connectivity index is 0. The summed E-state index contributed by atoms with van der Waals surface area (Å²) >= 11 is 0. The van der Waals surface area contributed by atoms with Gasteiger partial charge in [-0.25, -0.2) is 9.59 Å². The largest absolute Gasteiger partial charge is 0.473 e. The van der Waals surface area contributed by atoms with Crippen LogP contribution >= 0.6 is 7.60 Å². The lowest BCUT2D eigenvalue weighted by Gasteiger charge is -2.26. The van der Waals surface area contributed by atoms with Crippen LogP contribution in [0.25, 0.3) is 0 Å². The zero-order valence-electron chi connectivity index (χ0n) is 8.95. The van der Waals surface area contributed by atoms with Gasteiger partial charge in [-0.05, 0) is 12.8 Å². The summed E-state index contributed by atoms with van der Waals surface area (Å²) in [5.74, 6) is -3.65. The molecule has 0 aromatic rings. The third-order valence-electron chi connectivity index (χ3n) is 1.99. The SMILES string of the molecule is CCC(N)(CC)P(=O)(O)O.O=C(O)C(=O)O. The van der Waals surface area contributed by atoms with Crippen LogP contribution in [0.1, 0.15) is 26.7 Å². The fourth-order valence-electron chi connectivity index (χ4n) is 0.662. The molecule has 0 aromatic carbocycles. The van der Waals surface area contributed by atoms with Gasteiger partial charge in [0.05, 0.1) is 0 Å². The van der Waals surface area contributed by atoms with E-state index in [1.807, 2.05) is 0 Å². The summed E-state index contributed by atoms with van der Waals surface area (Å²) in [6, 6.07) is 0. The lowest BCUT2D eigenvalue weighted by molar-refractivity contribution is -0.159. The molecule has 0 fully saturated rings. The average molecular weight is 257 g/mol. The van der Waals surface area contributed by atoms with Crippen molar-refractivity contribution in [2.24, 2.45) is 5.73 Å². The van der Waals surface area contributed by atoms with E-state index in [1.165, 1.54) is 0 Å². The Hall–Kier alpha value is -0.950. The summed E-state index contributed by atoms with van der Waals surface area (Å²) in [6.07, 6.45) is 0.599. The molecule has 6 N–H and O–H groups in total. The number of carboxylic acids is 2. The number of rotatable bonds is 3. The van der Waals surface area contributed by atoms with E-state index in [0.717, 1.165) is 0 Å². The molecular formula is C7H16NO7P. The zero-order chi connectivity index (χ0) is 13.6. The minimum Gasteiger partial charge on any atom is -0.473 e. The van der Waals surface area contributed by atoms with E-state index in [2.05, 4.69) is 0 Å². The molecule has 0 aromatic heterocycles. The third kappa shape index (κ3) is 5.82. The van der Waals surface area contributed by atoms with Crippen molar-refractivity contribution in [1.29, 1.82) is 0 Å². The van der Waals surface area contributed by atoms with Crippen LogP contribution in [0, 0.1) is 0 Å². The van der Waals surface area contributed by atoms with Crippen LogP contribution in [0.3, 0.4) is 0 Å². The van der Waals surface area contributed by atoms with E-state index in [0.29, 0.717) is 12.8 Å². The highest BCUT2D eigenvalue weighted by molar-refractivity contribution is 7.53. The summed E-state index contributed by atoms with van der Waals surface area (Å²) in [5, 5.41) is 13.5. The van der Waals surface area contributed by atoms with Crippen molar-refractivity contribution >= 4 is 19.5 Å². The Morgan fingerprint density at radius 1 is 1.12 bits per heavy atom. The Labute approximate surface area is 92.2 Å². The van der Waals surface area contributed by atoms with Gasteiger partial charge in [-0.15, -0.1) is 0 Å². The van der Waals surface area contributed by atoms with Gasteiger partial charge >= 0.3 is 19.5 Å². The van der Waals surface area contributed by atoms with Crippen molar-refractivity contribution in [3.05, 3.63) is 0 Å². The highest BCUT2D eigenvalue weighted by Gasteiger charge is 2.39. The average Bonchev–Trinajstić information content (AvgIpc) is 2.15. The number of nitrogens with two attached hydrogens (primary N) is 1. The third-order valence-corrected chi connectivity index (χ3v) is 3.78. The standard InChI is InChI=1S/C5H14NO3P.C2H2O4/c1-3-5(6,4-2)10(7,8)9;3-1(4)2(5)6/h3-4,6H2,1-2H3,(H2,7,8,9);(H,3,4)(H,5,6). The molecule has 0 aliphatic rings. The molecule has 0 aliphatic heterocycles. The summed E-state index contributed by atoms with van der Waals surface area (Å²) in [4.78, 5) is 35.6. The zero-order valence-corrected chi connectivity index (χ0v) is 9.85. The van der Waals surface area contributed by atoms with Crippen LogP contribution < -0.4 is 5.73 Å². The monoisotopic (exact) mass is 257 g/mol. The molecule has 0 amide bonds. The number of hydrogen-bond donors (Lipinski definition) is 5. The Kier molecular flexibility index (Phi) is 7.19. The molecule has 96 valence electrons. The first-order valence-electron chi connectivity index (χ1n) is 4.32. The van der Waals surface area contributed by atoms with Gasteiger partial charge < -0.3 is 25.7 Å². The number of carbonyl (C=O) groups is 2. The maximum atomic E-state index is 10.7. The van der Waals surface area contributed by atoms with Gasteiger partial charge in [-0.1, -0.05) is 13.8 Å². The molecule has 0 radical (unpaired) electrons. The summed E-state index contributed by atoms with van der Waals surface area (Å²) in [6.45, 7) is 3.34. The molecule has 0 bridgehead atoms. The summed E-state index contributed by atoms with van der Waals surface area (Å²) in [5.41, 5.74) is 5.41. The molecule has 0 saturated carbocycles. The van der Waals surface area contributed by atoms with Gasteiger partial charge in [0.1, 0.15) is 5.28 Å². The van der Waals surface area contributed by atoms with Gasteiger partial charge in [0, 0.05) is 0 Å². The highest BCUT2D eigenvalue weighted by Crippen LogP contribution is 2.50. The second-order valence-electron chi connectivity index (χ2n) is 2.97. The molecular weight excluding hydrogens is 241 g/mol. The van der Waals surface area contributed by atoms with Gasteiger partial charge in [0.15, 0.2) is 0 Å². The predicted octanol–water partition coefficient (Wildman–Crippen LogP) is -0.205. The molecule has 0 spiro atoms. The first-order valence-corrected chi connectivity index (χ1v) is 5.93. The van der Waals surface area contributed by atoms with Crippen molar-refractivity contribution in [2.75, 3.05) is 0 Å². The lowest BCUT2D eigenvalue weighted by Crippen LogP contribution is -2.37. The second-order valence-corrected chi connectivity index (χ2v) is 4.94. The van der Waals surface area contributed by atoms with E-state index < -0.39 is 24.8 Å². The Morgan fingerprint density at radius 3 is 1.38 bits per heavy atom. The van der Waals surface area contributed by atoms with Crippen LogP contribution in [0.4, 0.5) is 0 Å². The molecule has 0 unspecified atom stereocenters. The number of carboxylic acid groups (broad SMARTS) is 2. The van der Waals surface area contributed by atoms with Gasteiger partial charge in [-0.2, -0.15) is 0 Å². The minimum atomic E-state index is -4.11. The van der Waals surface area contributed by atoms with E-state index in [9.17, 15) is 4.57 Å². The molecule has 8 nitrogen and oxygen atoms in total. The molecule has 0 saturated heterocycles.